The lowest BCUT2D eigenvalue weighted by Gasteiger charge is -2.32. The highest BCUT2D eigenvalue weighted by atomic mass is 16.4. The molecule has 2 aliphatic rings. The van der Waals surface area contributed by atoms with Gasteiger partial charge in [-0.25, -0.2) is 4.98 Å². The molecule has 1 amide bonds. The molecule has 1 fully saturated rings. The highest BCUT2D eigenvalue weighted by Gasteiger charge is 2.27. The molecule has 7 heteroatoms. The van der Waals surface area contributed by atoms with E-state index >= 15 is 0 Å². The van der Waals surface area contributed by atoms with Crippen LogP contribution in [0.2, 0.25) is 0 Å². The zero-order valence-corrected chi connectivity index (χ0v) is 21.3. The molecule has 2 aliphatic heterocycles. The van der Waals surface area contributed by atoms with Crippen LogP contribution < -0.4 is 10.6 Å². The van der Waals surface area contributed by atoms with Gasteiger partial charge in [-0.2, -0.15) is 0 Å². The fraction of sp³-hybridized carbons (Fsp3) is 0.433. The number of aromatic nitrogens is 1. The summed E-state index contributed by atoms with van der Waals surface area (Å²) < 4.78 is 0. The molecule has 2 atom stereocenters. The Hall–Kier alpha value is -3.45. The van der Waals surface area contributed by atoms with Crippen LogP contribution in [-0.2, 0) is 22.4 Å². The van der Waals surface area contributed by atoms with Gasteiger partial charge in [0.05, 0.1) is 11.8 Å². The molecule has 0 bridgehead atoms. The van der Waals surface area contributed by atoms with E-state index in [1.54, 1.807) is 0 Å². The van der Waals surface area contributed by atoms with Crippen molar-refractivity contribution in [3.8, 4) is 0 Å². The van der Waals surface area contributed by atoms with Crippen LogP contribution in [0.25, 0.3) is 10.8 Å². The number of benzene rings is 2. The summed E-state index contributed by atoms with van der Waals surface area (Å²) in [6.07, 6.45) is 6.01. The normalized spacial score (nSPS) is 18.5. The number of amides is 1. The molecular weight excluding hydrogens is 464 g/mol. The molecule has 0 spiro atoms. The van der Waals surface area contributed by atoms with Crippen molar-refractivity contribution in [1.82, 2.24) is 15.2 Å². The molecular formula is C30H36N4O3. The summed E-state index contributed by atoms with van der Waals surface area (Å²) in [6, 6.07) is 17.9. The van der Waals surface area contributed by atoms with Gasteiger partial charge in [-0.15, -0.1) is 0 Å². The molecule has 194 valence electrons. The number of carbonyl (C=O) groups is 2. The zero-order chi connectivity index (χ0) is 25.6. The largest absolute Gasteiger partial charge is 0.481 e. The van der Waals surface area contributed by atoms with Gasteiger partial charge in [-0.3, -0.25) is 9.59 Å². The Morgan fingerprint density at radius 3 is 2.84 bits per heavy atom. The minimum absolute atomic E-state index is 0.0424. The summed E-state index contributed by atoms with van der Waals surface area (Å²) in [7, 11) is 0. The highest BCUT2D eigenvalue weighted by Crippen LogP contribution is 2.24. The Balaban J connectivity index is 1.11. The molecule has 1 aromatic heterocycles. The lowest BCUT2D eigenvalue weighted by molar-refractivity contribution is -0.138. The maximum atomic E-state index is 13.0. The van der Waals surface area contributed by atoms with Crippen molar-refractivity contribution in [2.75, 3.05) is 38.0 Å². The average molecular weight is 501 g/mol. The first-order valence-electron chi connectivity index (χ1n) is 13.5. The predicted octanol–water partition coefficient (Wildman–Crippen LogP) is 4.22. The number of fused-ring (bicyclic) bond motifs is 2. The number of carboxylic acid groups (broad SMARTS) is 1. The third kappa shape index (κ3) is 6.28. The molecule has 0 unspecified atom stereocenters. The van der Waals surface area contributed by atoms with Gasteiger partial charge in [-0.05, 0) is 79.6 Å². The standard InChI is InChI=1S/C30H36N4O3/c35-29(32-19-27(30(36)37)24-12-11-21-6-1-2-7-23(21)18-24)25-9-4-16-34(20-25)17-5-10-26-14-13-22-8-3-15-31-28(22)33-26/h1-2,6-7,11-14,18,25,27H,3-5,8-10,15-17,19-20H2,(H,31,33)(H,32,35)(H,36,37)/t25-,27+/m1/s1. The summed E-state index contributed by atoms with van der Waals surface area (Å²) >= 11 is 0. The van der Waals surface area contributed by atoms with Crippen molar-refractivity contribution in [1.29, 1.82) is 0 Å². The van der Waals surface area contributed by atoms with Crippen molar-refractivity contribution >= 4 is 28.5 Å². The molecule has 5 rings (SSSR count). The number of carbonyl (C=O) groups excluding carboxylic acids is 1. The van der Waals surface area contributed by atoms with Crippen LogP contribution in [0.5, 0.6) is 0 Å². The van der Waals surface area contributed by atoms with E-state index in [9.17, 15) is 14.7 Å². The van der Waals surface area contributed by atoms with Crippen molar-refractivity contribution in [2.24, 2.45) is 5.92 Å². The Morgan fingerprint density at radius 1 is 1.11 bits per heavy atom. The second-order valence-corrected chi connectivity index (χ2v) is 10.3. The van der Waals surface area contributed by atoms with E-state index < -0.39 is 11.9 Å². The van der Waals surface area contributed by atoms with E-state index in [2.05, 4.69) is 27.7 Å². The van der Waals surface area contributed by atoms with Gasteiger partial charge < -0.3 is 20.6 Å². The van der Waals surface area contributed by atoms with Crippen LogP contribution in [0.3, 0.4) is 0 Å². The Labute approximate surface area is 218 Å². The maximum Gasteiger partial charge on any atom is 0.312 e. The summed E-state index contributed by atoms with van der Waals surface area (Å²) in [4.78, 5) is 32.2. The number of anilines is 1. The molecule has 0 saturated carbocycles. The summed E-state index contributed by atoms with van der Waals surface area (Å²) in [6.45, 7) is 3.75. The molecule has 1 saturated heterocycles. The SMILES string of the molecule is O=C(NC[C@H](C(=O)O)c1ccc2ccccc2c1)[C@@H]1CCCN(CCCc2ccc3c(n2)NCCC3)C1. The minimum atomic E-state index is -0.924. The maximum absolute atomic E-state index is 13.0. The highest BCUT2D eigenvalue weighted by molar-refractivity contribution is 5.86. The number of piperidine rings is 1. The first-order chi connectivity index (χ1) is 18.1. The second kappa shape index (κ2) is 11.7. The smallest absolute Gasteiger partial charge is 0.312 e. The van der Waals surface area contributed by atoms with Gasteiger partial charge in [0.2, 0.25) is 5.91 Å². The number of rotatable bonds is 9. The summed E-state index contributed by atoms with van der Waals surface area (Å²) in [5.74, 6) is -0.800. The Morgan fingerprint density at radius 2 is 1.97 bits per heavy atom. The fourth-order valence-corrected chi connectivity index (χ4v) is 5.58. The van der Waals surface area contributed by atoms with Gasteiger partial charge in [-0.1, -0.05) is 48.5 Å². The summed E-state index contributed by atoms with van der Waals surface area (Å²) in [5.41, 5.74) is 3.14. The van der Waals surface area contributed by atoms with Crippen LogP contribution >= 0.6 is 0 Å². The number of hydrogen-bond donors (Lipinski definition) is 3. The zero-order valence-electron chi connectivity index (χ0n) is 21.3. The Kier molecular flexibility index (Phi) is 7.99. The summed E-state index contributed by atoms with van der Waals surface area (Å²) in [5, 5.41) is 18.3. The van der Waals surface area contributed by atoms with E-state index in [0.29, 0.717) is 5.56 Å². The number of nitrogens with one attached hydrogen (secondary N) is 2. The topological polar surface area (TPSA) is 94.6 Å². The van der Waals surface area contributed by atoms with Gasteiger partial charge in [0.15, 0.2) is 0 Å². The number of hydrogen-bond acceptors (Lipinski definition) is 5. The number of likely N-dealkylation sites (tertiary alicyclic amines) is 1. The number of aliphatic carboxylic acids is 1. The van der Waals surface area contributed by atoms with Crippen LogP contribution in [0, 0.1) is 5.92 Å². The van der Waals surface area contributed by atoms with E-state index in [1.165, 1.54) is 5.56 Å². The van der Waals surface area contributed by atoms with Gasteiger partial charge >= 0.3 is 5.97 Å². The molecule has 2 aromatic carbocycles. The van der Waals surface area contributed by atoms with E-state index in [0.717, 1.165) is 87.0 Å². The van der Waals surface area contributed by atoms with Crippen molar-refractivity contribution in [3.05, 3.63) is 71.4 Å². The van der Waals surface area contributed by atoms with Gasteiger partial charge in [0.1, 0.15) is 5.82 Å². The van der Waals surface area contributed by atoms with Gasteiger partial charge in [0, 0.05) is 25.3 Å². The number of aryl methyl sites for hydroxylation is 2. The minimum Gasteiger partial charge on any atom is -0.481 e. The molecule has 0 radical (unpaired) electrons. The number of nitrogens with zero attached hydrogens (tertiary/aromatic N) is 2. The van der Waals surface area contributed by atoms with E-state index in [4.69, 9.17) is 4.98 Å². The predicted molar refractivity (Wildman–Crippen MR) is 146 cm³/mol. The molecule has 3 heterocycles. The second-order valence-electron chi connectivity index (χ2n) is 10.3. The van der Waals surface area contributed by atoms with Crippen LogP contribution in [0.1, 0.15) is 48.4 Å². The molecule has 3 aromatic rings. The number of pyridine rings is 1. The molecule has 3 N–H and O–H groups in total. The monoisotopic (exact) mass is 500 g/mol. The van der Waals surface area contributed by atoms with Crippen molar-refractivity contribution < 1.29 is 14.7 Å². The first-order valence-corrected chi connectivity index (χ1v) is 13.5. The van der Waals surface area contributed by atoms with Crippen LogP contribution in [0.4, 0.5) is 5.82 Å². The lowest BCUT2D eigenvalue weighted by atomic mass is 9.94. The van der Waals surface area contributed by atoms with E-state index in [-0.39, 0.29) is 18.4 Å². The van der Waals surface area contributed by atoms with Crippen molar-refractivity contribution in [3.63, 3.8) is 0 Å². The third-order valence-corrected chi connectivity index (χ3v) is 7.69. The third-order valence-electron chi connectivity index (χ3n) is 7.69. The molecule has 0 aliphatic carbocycles. The molecule has 7 nitrogen and oxygen atoms in total. The Bertz CT molecular complexity index is 1260. The quantitative estimate of drug-likeness (QED) is 0.407. The first kappa shape index (κ1) is 25.2. The van der Waals surface area contributed by atoms with Gasteiger partial charge in [0.25, 0.3) is 0 Å². The number of carboxylic acids is 1. The van der Waals surface area contributed by atoms with E-state index in [1.807, 2.05) is 42.5 Å². The van der Waals surface area contributed by atoms with Crippen molar-refractivity contribution in [2.45, 2.75) is 44.4 Å². The fourth-order valence-electron chi connectivity index (χ4n) is 5.58. The van der Waals surface area contributed by atoms with Crippen LogP contribution in [-0.4, -0.2) is 59.6 Å². The molecule has 37 heavy (non-hydrogen) atoms. The van der Waals surface area contributed by atoms with Crippen LogP contribution in [0.15, 0.2) is 54.6 Å². The lowest BCUT2D eigenvalue weighted by Crippen LogP contribution is -2.44. The average Bonchev–Trinajstić information content (AvgIpc) is 2.93.